The Balaban J connectivity index is 2.46. The SMILES string of the molecule is C/C=C/C(C)C1(Cc2ccccc2)C(=O)OC(C)(C)OC1=O. The van der Waals surface area contributed by atoms with Gasteiger partial charge in [-0.3, -0.25) is 9.59 Å². The Labute approximate surface area is 131 Å². The van der Waals surface area contributed by atoms with E-state index in [9.17, 15) is 9.59 Å². The molecular weight excluding hydrogens is 280 g/mol. The van der Waals surface area contributed by atoms with Gasteiger partial charge in [-0.2, -0.15) is 0 Å². The zero-order valence-corrected chi connectivity index (χ0v) is 13.5. The number of carbonyl (C=O) groups is 2. The van der Waals surface area contributed by atoms with Crippen molar-refractivity contribution in [3.05, 3.63) is 48.0 Å². The van der Waals surface area contributed by atoms with Crippen LogP contribution in [0.1, 0.15) is 33.3 Å². The van der Waals surface area contributed by atoms with Crippen molar-refractivity contribution in [2.24, 2.45) is 11.3 Å². The number of rotatable bonds is 4. The van der Waals surface area contributed by atoms with E-state index in [4.69, 9.17) is 9.47 Å². The molecule has 0 bridgehead atoms. The molecule has 0 N–H and O–H groups in total. The Morgan fingerprint density at radius 2 is 1.64 bits per heavy atom. The average Bonchev–Trinajstić information content (AvgIpc) is 2.43. The Hall–Kier alpha value is -2.10. The summed E-state index contributed by atoms with van der Waals surface area (Å²) in [7, 11) is 0. The third-order valence-corrected chi connectivity index (χ3v) is 3.99. The van der Waals surface area contributed by atoms with Gasteiger partial charge in [0.15, 0.2) is 5.41 Å². The minimum Gasteiger partial charge on any atom is -0.422 e. The van der Waals surface area contributed by atoms with E-state index in [0.29, 0.717) is 0 Å². The summed E-state index contributed by atoms with van der Waals surface area (Å²) < 4.78 is 10.8. The normalized spacial score (nSPS) is 21.3. The summed E-state index contributed by atoms with van der Waals surface area (Å²) in [5.41, 5.74) is -0.448. The number of carbonyl (C=O) groups excluding carboxylic acids is 2. The number of esters is 2. The number of hydrogen-bond acceptors (Lipinski definition) is 4. The van der Waals surface area contributed by atoms with Gasteiger partial charge >= 0.3 is 11.9 Å². The second-order valence-electron chi connectivity index (χ2n) is 6.13. The largest absolute Gasteiger partial charge is 0.422 e. The predicted octanol–water partition coefficient (Wildman–Crippen LogP) is 3.26. The first-order valence-electron chi connectivity index (χ1n) is 7.45. The first kappa shape index (κ1) is 16.3. The van der Waals surface area contributed by atoms with Crippen LogP contribution in [0.15, 0.2) is 42.5 Å². The van der Waals surface area contributed by atoms with E-state index in [1.807, 2.05) is 56.3 Å². The van der Waals surface area contributed by atoms with Crippen molar-refractivity contribution in [2.45, 2.75) is 39.9 Å². The van der Waals surface area contributed by atoms with Gasteiger partial charge in [0.25, 0.3) is 5.79 Å². The van der Waals surface area contributed by atoms with Gasteiger partial charge in [0.2, 0.25) is 0 Å². The van der Waals surface area contributed by atoms with Crippen molar-refractivity contribution in [2.75, 3.05) is 0 Å². The molecule has 1 aliphatic heterocycles. The highest BCUT2D eigenvalue weighted by Gasteiger charge is 2.58. The highest BCUT2D eigenvalue weighted by molar-refractivity contribution is 6.02. The Morgan fingerprint density at radius 3 is 2.14 bits per heavy atom. The van der Waals surface area contributed by atoms with Crippen LogP contribution in [0.5, 0.6) is 0 Å². The number of allylic oxidation sites excluding steroid dienone is 2. The van der Waals surface area contributed by atoms with Gasteiger partial charge in [0, 0.05) is 19.8 Å². The van der Waals surface area contributed by atoms with E-state index >= 15 is 0 Å². The van der Waals surface area contributed by atoms with Gasteiger partial charge in [-0.25, -0.2) is 0 Å². The quantitative estimate of drug-likeness (QED) is 0.486. The minimum absolute atomic E-state index is 0.257. The fourth-order valence-electron chi connectivity index (χ4n) is 2.78. The molecule has 22 heavy (non-hydrogen) atoms. The van der Waals surface area contributed by atoms with Crippen molar-refractivity contribution < 1.29 is 19.1 Å². The van der Waals surface area contributed by atoms with Gasteiger partial charge in [-0.1, -0.05) is 49.4 Å². The molecule has 0 aromatic heterocycles. The summed E-state index contributed by atoms with van der Waals surface area (Å²) in [4.78, 5) is 25.4. The first-order valence-corrected chi connectivity index (χ1v) is 7.45. The summed E-state index contributed by atoms with van der Waals surface area (Å²) in [6.45, 7) is 6.82. The minimum atomic E-state index is -1.34. The number of benzene rings is 1. The van der Waals surface area contributed by atoms with Crippen molar-refractivity contribution in [1.29, 1.82) is 0 Å². The summed E-state index contributed by atoms with van der Waals surface area (Å²) in [6.07, 6.45) is 3.93. The molecule has 2 rings (SSSR count). The molecule has 1 atom stereocenters. The van der Waals surface area contributed by atoms with Crippen LogP contribution >= 0.6 is 0 Å². The molecule has 4 nitrogen and oxygen atoms in total. The number of ether oxygens (including phenoxy) is 2. The monoisotopic (exact) mass is 302 g/mol. The fraction of sp³-hybridized carbons (Fsp3) is 0.444. The van der Waals surface area contributed by atoms with Crippen LogP contribution < -0.4 is 0 Å². The zero-order valence-electron chi connectivity index (χ0n) is 13.5. The highest BCUT2D eigenvalue weighted by Crippen LogP contribution is 2.41. The van der Waals surface area contributed by atoms with Gasteiger partial charge in [-0.15, -0.1) is 0 Å². The molecule has 118 valence electrons. The van der Waals surface area contributed by atoms with Crippen LogP contribution in [0.3, 0.4) is 0 Å². The summed E-state index contributed by atoms with van der Waals surface area (Å²) in [5.74, 6) is -2.59. The van der Waals surface area contributed by atoms with Crippen molar-refractivity contribution in [3.8, 4) is 0 Å². The van der Waals surface area contributed by atoms with E-state index in [1.165, 1.54) is 0 Å². The summed E-state index contributed by atoms with van der Waals surface area (Å²) in [5, 5.41) is 0. The lowest BCUT2D eigenvalue weighted by atomic mass is 9.71. The average molecular weight is 302 g/mol. The third-order valence-electron chi connectivity index (χ3n) is 3.99. The second kappa shape index (κ2) is 5.95. The lowest BCUT2D eigenvalue weighted by molar-refractivity contribution is -0.253. The molecule has 1 aromatic rings. The summed E-state index contributed by atoms with van der Waals surface area (Å²) >= 11 is 0. The molecule has 4 heteroatoms. The molecule has 1 unspecified atom stereocenters. The zero-order chi connectivity index (χ0) is 16.4. The van der Waals surface area contributed by atoms with E-state index in [2.05, 4.69) is 0 Å². The Morgan fingerprint density at radius 1 is 1.09 bits per heavy atom. The molecule has 0 radical (unpaired) electrons. The van der Waals surface area contributed by atoms with Crippen LogP contribution in [-0.4, -0.2) is 17.7 Å². The molecule has 1 aliphatic rings. The van der Waals surface area contributed by atoms with Gasteiger partial charge in [0.1, 0.15) is 0 Å². The van der Waals surface area contributed by atoms with Gasteiger partial charge in [0.05, 0.1) is 0 Å². The molecule has 1 fully saturated rings. The van der Waals surface area contributed by atoms with E-state index in [1.54, 1.807) is 13.8 Å². The molecule has 0 spiro atoms. The van der Waals surface area contributed by atoms with Crippen LogP contribution in [0.2, 0.25) is 0 Å². The molecule has 0 saturated carbocycles. The maximum absolute atomic E-state index is 12.7. The summed E-state index contributed by atoms with van der Waals surface area (Å²) in [6, 6.07) is 9.45. The van der Waals surface area contributed by atoms with E-state index < -0.39 is 23.1 Å². The molecule has 1 heterocycles. The van der Waals surface area contributed by atoms with Crippen LogP contribution in [0.25, 0.3) is 0 Å². The molecule has 1 saturated heterocycles. The Kier molecular flexibility index (Phi) is 4.40. The Bertz CT molecular complexity index is 566. The molecule has 0 amide bonds. The smallest absolute Gasteiger partial charge is 0.327 e. The maximum atomic E-state index is 12.7. The van der Waals surface area contributed by atoms with Crippen LogP contribution in [0, 0.1) is 11.3 Å². The fourth-order valence-corrected chi connectivity index (χ4v) is 2.78. The number of cyclic esters (lactones) is 2. The first-order chi connectivity index (χ1) is 10.3. The maximum Gasteiger partial charge on any atom is 0.327 e. The van der Waals surface area contributed by atoms with E-state index in [0.717, 1.165) is 5.56 Å². The standard InChI is InChI=1S/C18H22O4/c1-5-9-13(2)18(12-14-10-7-6-8-11-14)15(19)21-17(3,4)22-16(18)20/h5-11,13H,12H2,1-4H3/b9-5+. The van der Waals surface area contributed by atoms with Crippen LogP contribution in [-0.2, 0) is 25.5 Å². The lowest BCUT2D eigenvalue weighted by Crippen LogP contribution is -2.57. The van der Waals surface area contributed by atoms with Crippen molar-refractivity contribution in [1.82, 2.24) is 0 Å². The molecule has 0 aliphatic carbocycles. The van der Waals surface area contributed by atoms with E-state index in [-0.39, 0.29) is 12.3 Å². The van der Waals surface area contributed by atoms with Gasteiger partial charge < -0.3 is 9.47 Å². The molecule has 1 aromatic carbocycles. The lowest BCUT2D eigenvalue weighted by Gasteiger charge is -2.42. The third kappa shape index (κ3) is 2.91. The topological polar surface area (TPSA) is 52.6 Å². The van der Waals surface area contributed by atoms with Gasteiger partial charge in [-0.05, 0) is 18.9 Å². The van der Waals surface area contributed by atoms with Crippen molar-refractivity contribution >= 4 is 11.9 Å². The molecular formula is C18H22O4. The highest BCUT2D eigenvalue weighted by atomic mass is 16.7. The number of hydrogen-bond donors (Lipinski definition) is 0. The van der Waals surface area contributed by atoms with Crippen molar-refractivity contribution in [3.63, 3.8) is 0 Å². The second-order valence-corrected chi connectivity index (χ2v) is 6.13. The van der Waals surface area contributed by atoms with Crippen LogP contribution in [0.4, 0.5) is 0 Å². The predicted molar refractivity (Wildman–Crippen MR) is 82.8 cm³/mol.